The number of rotatable bonds is 5. The Balaban J connectivity index is 1.42. The van der Waals surface area contributed by atoms with Crippen molar-refractivity contribution < 1.29 is 9.53 Å². The molecule has 1 aromatic carbocycles. The fraction of sp³-hybridized carbons (Fsp3) is 0.433. The van der Waals surface area contributed by atoms with E-state index in [0.717, 1.165) is 84.4 Å². The summed E-state index contributed by atoms with van der Waals surface area (Å²) < 4.78 is 7.84. The second-order valence-corrected chi connectivity index (χ2v) is 10.5. The first kappa shape index (κ1) is 24.7. The molecule has 6 rings (SSSR count). The normalized spacial score (nSPS) is 17.0. The van der Waals surface area contributed by atoms with Gasteiger partial charge in [-0.3, -0.25) is 14.5 Å². The molecule has 1 unspecified atom stereocenters. The summed E-state index contributed by atoms with van der Waals surface area (Å²) in [6, 6.07) is 10.6. The Hall–Kier alpha value is -3.65. The van der Waals surface area contributed by atoms with Gasteiger partial charge in [-0.25, -0.2) is 9.97 Å². The van der Waals surface area contributed by atoms with Crippen LogP contribution in [0, 0.1) is 0 Å². The van der Waals surface area contributed by atoms with Gasteiger partial charge < -0.3 is 9.64 Å². The van der Waals surface area contributed by atoms with Gasteiger partial charge in [0.25, 0.3) is 0 Å². The first-order valence-corrected chi connectivity index (χ1v) is 13.7. The van der Waals surface area contributed by atoms with Crippen LogP contribution >= 0.6 is 0 Å². The van der Waals surface area contributed by atoms with Crippen LogP contribution in [-0.4, -0.2) is 55.3 Å². The molecule has 8 nitrogen and oxygen atoms in total. The number of aromatic nitrogens is 5. The Morgan fingerprint density at radius 2 is 1.97 bits per heavy atom. The summed E-state index contributed by atoms with van der Waals surface area (Å²) >= 11 is 0. The van der Waals surface area contributed by atoms with Crippen molar-refractivity contribution >= 4 is 16.8 Å². The average Bonchev–Trinajstić information content (AvgIpc) is 3.35. The molecule has 4 aromatic rings. The highest BCUT2D eigenvalue weighted by Crippen LogP contribution is 2.37. The quantitative estimate of drug-likeness (QED) is 0.361. The number of fused-ring (bicyclic) bond motifs is 2. The molecule has 1 amide bonds. The van der Waals surface area contributed by atoms with Crippen LogP contribution in [0.4, 0.5) is 0 Å². The maximum Gasteiger partial charge on any atom is 0.219 e. The number of carbonyl (C=O) groups excluding carboxylic acids is 1. The monoisotopic (exact) mass is 510 g/mol. The van der Waals surface area contributed by atoms with E-state index in [-0.39, 0.29) is 5.91 Å². The highest BCUT2D eigenvalue weighted by atomic mass is 16.5. The number of benzene rings is 1. The lowest BCUT2D eigenvalue weighted by Crippen LogP contribution is -2.35. The third-order valence-electron chi connectivity index (χ3n) is 8.11. The number of hydrogen-bond acceptors (Lipinski definition) is 6. The molecule has 0 spiro atoms. The van der Waals surface area contributed by atoms with Gasteiger partial charge in [0, 0.05) is 85.5 Å². The number of hydrogen-bond donors (Lipinski definition) is 0. The summed E-state index contributed by atoms with van der Waals surface area (Å²) in [6.07, 6.45) is 7.55. The molecule has 5 heterocycles. The molecular formula is C30H34N6O2. The van der Waals surface area contributed by atoms with Gasteiger partial charge in [-0.1, -0.05) is 26.0 Å². The van der Waals surface area contributed by atoms with Crippen molar-refractivity contribution in [3.63, 3.8) is 0 Å². The third-order valence-corrected chi connectivity index (χ3v) is 8.11. The van der Waals surface area contributed by atoms with Gasteiger partial charge in [0.1, 0.15) is 0 Å². The van der Waals surface area contributed by atoms with Crippen LogP contribution in [0.3, 0.4) is 0 Å². The molecule has 0 aliphatic carbocycles. The number of ether oxygens (including phenoxy) is 1. The summed E-state index contributed by atoms with van der Waals surface area (Å²) in [5.41, 5.74) is 7.18. The van der Waals surface area contributed by atoms with Crippen LogP contribution in [0.1, 0.15) is 68.9 Å². The van der Waals surface area contributed by atoms with Crippen LogP contribution in [0.25, 0.3) is 33.5 Å². The van der Waals surface area contributed by atoms with Crippen LogP contribution < -0.4 is 0 Å². The Morgan fingerprint density at radius 1 is 1.13 bits per heavy atom. The molecule has 1 atom stereocenters. The zero-order chi connectivity index (χ0) is 26.2. The Kier molecular flexibility index (Phi) is 6.66. The first-order valence-electron chi connectivity index (χ1n) is 13.7. The van der Waals surface area contributed by atoms with Gasteiger partial charge in [0.05, 0.1) is 17.3 Å². The predicted molar refractivity (Wildman–Crippen MR) is 147 cm³/mol. The standard InChI is InChI=1S/C30H34N6O2/c1-4-19(2)26-9-8-21(16-31-26)30-32-17-24-23(6-5-7-27(24)33-30)29-25-18-35(20(3)37)13-10-28(25)36(34-29)22-11-14-38-15-12-22/h5-9,16-17,19,22H,4,10-15,18H2,1-3H3. The molecule has 0 saturated carbocycles. The first-order chi connectivity index (χ1) is 18.5. The average molecular weight is 511 g/mol. The van der Waals surface area contributed by atoms with Gasteiger partial charge in [-0.05, 0) is 43.4 Å². The molecule has 0 bridgehead atoms. The summed E-state index contributed by atoms with van der Waals surface area (Å²) in [5, 5.41) is 6.16. The van der Waals surface area contributed by atoms with Crippen LogP contribution in [0.5, 0.6) is 0 Å². The highest BCUT2D eigenvalue weighted by Gasteiger charge is 2.30. The largest absolute Gasteiger partial charge is 0.381 e. The predicted octanol–water partition coefficient (Wildman–Crippen LogP) is 5.32. The Labute approximate surface area is 223 Å². The van der Waals surface area contributed by atoms with E-state index < -0.39 is 0 Å². The zero-order valence-corrected chi connectivity index (χ0v) is 22.4. The van der Waals surface area contributed by atoms with Crippen LogP contribution in [0.15, 0.2) is 42.7 Å². The summed E-state index contributed by atoms with van der Waals surface area (Å²) in [7, 11) is 0. The molecule has 196 valence electrons. The van der Waals surface area contributed by atoms with Crippen molar-refractivity contribution in [3.05, 3.63) is 59.7 Å². The zero-order valence-electron chi connectivity index (χ0n) is 22.4. The van der Waals surface area contributed by atoms with Crippen LogP contribution in [-0.2, 0) is 22.5 Å². The number of amides is 1. The molecule has 8 heteroatoms. The van der Waals surface area contributed by atoms with Crippen molar-refractivity contribution in [1.29, 1.82) is 0 Å². The van der Waals surface area contributed by atoms with Gasteiger partial charge in [-0.15, -0.1) is 0 Å². The van der Waals surface area contributed by atoms with E-state index in [2.05, 4.69) is 41.7 Å². The molecule has 1 saturated heterocycles. The minimum absolute atomic E-state index is 0.0965. The summed E-state index contributed by atoms with van der Waals surface area (Å²) in [6.45, 7) is 8.82. The smallest absolute Gasteiger partial charge is 0.219 e. The second-order valence-electron chi connectivity index (χ2n) is 10.5. The van der Waals surface area contributed by atoms with E-state index in [1.807, 2.05) is 29.4 Å². The maximum atomic E-state index is 12.3. The molecule has 1 fully saturated rings. The lowest BCUT2D eigenvalue weighted by atomic mass is 9.98. The SMILES string of the molecule is CCC(C)c1ccc(-c2ncc3c(-c4nn(C5CCOCC5)c5c4CN(C(C)=O)CC5)cccc3n2)cn1. The molecule has 0 N–H and O–H groups in total. The Bertz CT molecular complexity index is 1470. The number of carbonyl (C=O) groups is 1. The minimum atomic E-state index is 0.0965. The van der Waals surface area contributed by atoms with Crippen molar-refractivity contribution in [1.82, 2.24) is 29.6 Å². The van der Waals surface area contributed by atoms with E-state index in [1.165, 1.54) is 5.69 Å². The Morgan fingerprint density at radius 3 is 2.71 bits per heavy atom. The van der Waals surface area contributed by atoms with E-state index in [4.69, 9.17) is 19.8 Å². The summed E-state index contributed by atoms with van der Waals surface area (Å²) in [4.78, 5) is 28.5. The van der Waals surface area contributed by atoms with Gasteiger partial charge >= 0.3 is 0 Å². The van der Waals surface area contributed by atoms with E-state index in [1.54, 1.807) is 6.92 Å². The molecule has 3 aromatic heterocycles. The van der Waals surface area contributed by atoms with Crippen molar-refractivity contribution in [2.45, 2.75) is 65.0 Å². The van der Waals surface area contributed by atoms with Crippen molar-refractivity contribution in [2.75, 3.05) is 19.8 Å². The molecule has 2 aliphatic heterocycles. The molecule has 38 heavy (non-hydrogen) atoms. The van der Waals surface area contributed by atoms with Crippen molar-refractivity contribution in [2.24, 2.45) is 0 Å². The fourth-order valence-corrected chi connectivity index (χ4v) is 5.60. The van der Waals surface area contributed by atoms with E-state index >= 15 is 0 Å². The number of pyridine rings is 1. The topological polar surface area (TPSA) is 86.0 Å². The lowest BCUT2D eigenvalue weighted by Gasteiger charge is -2.29. The van der Waals surface area contributed by atoms with Gasteiger partial charge in [0.15, 0.2) is 5.82 Å². The maximum absolute atomic E-state index is 12.3. The van der Waals surface area contributed by atoms with E-state index in [0.29, 0.717) is 24.3 Å². The molecule has 0 radical (unpaired) electrons. The second kappa shape index (κ2) is 10.3. The molecular weight excluding hydrogens is 476 g/mol. The third kappa shape index (κ3) is 4.47. The van der Waals surface area contributed by atoms with Crippen molar-refractivity contribution in [3.8, 4) is 22.6 Å². The van der Waals surface area contributed by atoms with Gasteiger partial charge in [-0.2, -0.15) is 5.10 Å². The van der Waals surface area contributed by atoms with Gasteiger partial charge in [0.2, 0.25) is 5.91 Å². The summed E-state index contributed by atoms with van der Waals surface area (Å²) in [5.74, 6) is 1.18. The molecule has 2 aliphatic rings. The fourth-order valence-electron chi connectivity index (χ4n) is 5.60. The lowest BCUT2D eigenvalue weighted by molar-refractivity contribution is -0.129. The van der Waals surface area contributed by atoms with E-state index in [9.17, 15) is 4.79 Å². The number of nitrogens with zero attached hydrogens (tertiary/aromatic N) is 6. The minimum Gasteiger partial charge on any atom is -0.381 e. The highest BCUT2D eigenvalue weighted by molar-refractivity contribution is 5.94. The van der Waals surface area contributed by atoms with Crippen LogP contribution in [0.2, 0.25) is 0 Å².